The summed E-state index contributed by atoms with van der Waals surface area (Å²) in [5.74, 6) is -0.636. The molecule has 0 spiro atoms. The van der Waals surface area contributed by atoms with Gasteiger partial charge in [0, 0.05) is 10.8 Å². The zero-order valence-electron chi connectivity index (χ0n) is 13.6. The molecule has 0 amide bonds. The lowest BCUT2D eigenvalue weighted by atomic mass is 9.78. The third-order valence-corrected chi connectivity index (χ3v) is 4.92. The van der Waals surface area contributed by atoms with Gasteiger partial charge in [-0.3, -0.25) is 0 Å². The first-order valence-electron chi connectivity index (χ1n) is 7.27. The molecule has 23 heavy (non-hydrogen) atoms. The molecule has 7 heteroatoms. The Morgan fingerprint density at radius 3 is 2.35 bits per heavy atom. The van der Waals surface area contributed by atoms with Gasteiger partial charge in [0.25, 0.3) is 0 Å². The van der Waals surface area contributed by atoms with E-state index in [0.717, 1.165) is 5.47 Å². The summed E-state index contributed by atoms with van der Waals surface area (Å²) in [6, 6.07) is 4.65. The molecule has 124 valence electrons. The summed E-state index contributed by atoms with van der Waals surface area (Å²) < 4.78 is 12.0. The van der Waals surface area contributed by atoms with E-state index in [9.17, 15) is 9.90 Å². The van der Waals surface area contributed by atoms with Crippen LogP contribution in [-0.2, 0) is 9.31 Å². The van der Waals surface area contributed by atoms with Gasteiger partial charge in [-0.25, -0.2) is 4.79 Å². The molecular formula is C16H20BClO4S. The number of halogens is 1. The average Bonchev–Trinajstić information content (AvgIpc) is 2.64. The summed E-state index contributed by atoms with van der Waals surface area (Å²) in [7, 11) is -0.571. The Labute approximate surface area is 147 Å². The Bertz CT molecular complexity index is 641. The van der Waals surface area contributed by atoms with E-state index in [0.29, 0.717) is 16.3 Å². The highest BCUT2D eigenvalue weighted by atomic mass is 35.5. The normalized spacial score (nSPS) is 19.9. The number of benzene rings is 1. The maximum atomic E-state index is 11.4. The molecule has 0 bridgehead atoms. The number of aromatic carboxylic acids is 1. The SMILES string of the molecule is CC1(C)OB(C(=Cc2cc(Cl)ccc2C(=O)O)CS)OC1(C)C. The van der Waals surface area contributed by atoms with Crippen molar-refractivity contribution in [3.8, 4) is 0 Å². The topological polar surface area (TPSA) is 55.8 Å². The molecule has 1 aliphatic rings. The standard InChI is InChI=1S/C16H20BClO4S/c1-15(2)16(3,4)22-17(21-15)11(9-23)7-10-8-12(18)5-6-13(10)14(19)20/h5-8,23H,9H2,1-4H3,(H,19,20). The van der Waals surface area contributed by atoms with Crippen LogP contribution in [0, 0.1) is 0 Å². The van der Waals surface area contributed by atoms with E-state index in [-0.39, 0.29) is 5.56 Å². The molecule has 0 saturated carbocycles. The van der Waals surface area contributed by atoms with Crippen LogP contribution in [0.2, 0.25) is 5.02 Å². The van der Waals surface area contributed by atoms with Gasteiger partial charge in [-0.05, 0) is 56.9 Å². The maximum Gasteiger partial charge on any atom is 0.491 e. The second-order valence-corrected chi connectivity index (χ2v) is 7.26. The van der Waals surface area contributed by atoms with Crippen molar-refractivity contribution in [1.82, 2.24) is 0 Å². The quantitative estimate of drug-likeness (QED) is 0.634. The Kier molecular flexibility index (Phi) is 5.21. The first kappa shape index (κ1) is 18.4. The molecule has 0 unspecified atom stereocenters. The fourth-order valence-electron chi connectivity index (χ4n) is 2.23. The molecule has 1 aromatic carbocycles. The molecule has 1 aliphatic heterocycles. The minimum absolute atomic E-state index is 0.171. The zero-order valence-corrected chi connectivity index (χ0v) is 15.2. The summed E-state index contributed by atoms with van der Waals surface area (Å²) in [5.41, 5.74) is 0.485. The molecule has 1 N–H and O–H groups in total. The largest absolute Gasteiger partial charge is 0.491 e. The average molecular weight is 355 g/mol. The molecule has 0 atom stereocenters. The first-order chi connectivity index (χ1) is 10.6. The van der Waals surface area contributed by atoms with Crippen molar-refractivity contribution in [3.05, 3.63) is 39.8 Å². The van der Waals surface area contributed by atoms with Crippen LogP contribution in [0.5, 0.6) is 0 Å². The lowest BCUT2D eigenvalue weighted by Gasteiger charge is -2.32. The van der Waals surface area contributed by atoms with Crippen LogP contribution in [0.3, 0.4) is 0 Å². The van der Waals surface area contributed by atoms with E-state index >= 15 is 0 Å². The lowest BCUT2D eigenvalue weighted by molar-refractivity contribution is 0.00578. The van der Waals surface area contributed by atoms with Crippen LogP contribution >= 0.6 is 24.2 Å². The first-order valence-corrected chi connectivity index (χ1v) is 8.28. The summed E-state index contributed by atoms with van der Waals surface area (Å²) in [6.45, 7) is 7.85. The predicted octanol–water partition coefficient (Wildman–Crippen LogP) is 3.98. The van der Waals surface area contributed by atoms with E-state index in [1.807, 2.05) is 27.7 Å². The van der Waals surface area contributed by atoms with Crippen LogP contribution in [0.1, 0.15) is 43.6 Å². The summed E-state index contributed by atoms with van der Waals surface area (Å²) in [5, 5.41) is 9.79. The zero-order chi connectivity index (χ0) is 17.4. The molecule has 2 rings (SSSR count). The fraction of sp³-hybridized carbons (Fsp3) is 0.438. The third kappa shape index (κ3) is 3.77. The van der Waals surface area contributed by atoms with Crippen molar-refractivity contribution in [2.45, 2.75) is 38.9 Å². The molecule has 0 aliphatic carbocycles. The van der Waals surface area contributed by atoms with Crippen LogP contribution in [0.15, 0.2) is 23.7 Å². The molecule has 1 saturated heterocycles. The summed E-state index contributed by atoms with van der Waals surface area (Å²) in [6.07, 6.45) is 1.73. The number of rotatable bonds is 4. The van der Waals surface area contributed by atoms with Crippen molar-refractivity contribution >= 4 is 43.4 Å². The number of carboxylic acid groups (broad SMARTS) is 1. The number of hydrogen-bond donors (Lipinski definition) is 2. The number of carbonyl (C=O) groups is 1. The van der Waals surface area contributed by atoms with E-state index < -0.39 is 24.3 Å². The van der Waals surface area contributed by atoms with Gasteiger partial charge in [0.2, 0.25) is 0 Å². The Morgan fingerprint density at radius 2 is 1.87 bits per heavy atom. The molecule has 0 aromatic heterocycles. The molecule has 1 fully saturated rings. The predicted molar refractivity (Wildman–Crippen MR) is 96.3 cm³/mol. The summed E-state index contributed by atoms with van der Waals surface area (Å²) in [4.78, 5) is 11.4. The van der Waals surface area contributed by atoms with E-state index in [4.69, 9.17) is 20.9 Å². The smallest absolute Gasteiger partial charge is 0.478 e. The van der Waals surface area contributed by atoms with Gasteiger partial charge in [0.05, 0.1) is 16.8 Å². The Balaban J connectivity index is 2.41. The Hall–Kier alpha value is -0.945. The fourth-order valence-corrected chi connectivity index (χ4v) is 2.65. The van der Waals surface area contributed by atoms with Gasteiger partial charge in [-0.2, -0.15) is 12.6 Å². The van der Waals surface area contributed by atoms with Crippen molar-refractivity contribution in [3.63, 3.8) is 0 Å². The van der Waals surface area contributed by atoms with Gasteiger partial charge in [-0.1, -0.05) is 17.7 Å². The van der Waals surface area contributed by atoms with Crippen LogP contribution < -0.4 is 0 Å². The number of carboxylic acids is 1. The molecular weight excluding hydrogens is 335 g/mol. The van der Waals surface area contributed by atoms with Gasteiger partial charge >= 0.3 is 13.1 Å². The van der Waals surface area contributed by atoms with Gasteiger partial charge < -0.3 is 14.4 Å². The number of thiol groups is 1. The third-order valence-electron chi connectivity index (χ3n) is 4.32. The maximum absolute atomic E-state index is 11.4. The highest BCUT2D eigenvalue weighted by Gasteiger charge is 2.52. The molecule has 4 nitrogen and oxygen atoms in total. The molecule has 0 radical (unpaired) electrons. The van der Waals surface area contributed by atoms with E-state index in [1.54, 1.807) is 18.2 Å². The monoisotopic (exact) mass is 354 g/mol. The highest BCUT2D eigenvalue weighted by Crippen LogP contribution is 2.39. The second kappa shape index (κ2) is 6.51. The number of hydrogen-bond acceptors (Lipinski definition) is 4. The van der Waals surface area contributed by atoms with Crippen molar-refractivity contribution in [1.29, 1.82) is 0 Å². The molecule has 1 heterocycles. The lowest BCUT2D eigenvalue weighted by Crippen LogP contribution is -2.41. The minimum Gasteiger partial charge on any atom is -0.478 e. The van der Waals surface area contributed by atoms with Crippen LogP contribution in [-0.4, -0.2) is 35.1 Å². The van der Waals surface area contributed by atoms with Gasteiger partial charge in [0.15, 0.2) is 0 Å². The van der Waals surface area contributed by atoms with Crippen molar-refractivity contribution in [2.75, 3.05) is 5.75 Å². The van der Waals surface area contributed by atoms with Crippen molar-refractivity contribution < 1.29 is 19.2 Å². The highest BCUT2D eigenvalue weighted by molar-refractivity contribution is 7.80. The van der Waals surface area contributed by atoms with Crippen LogP contribution in [0.4, 0.5) is 0 Å². The minimum atomic E-state index is -1.01. The van der Waals surface area contributed by atoms with E-state index in [1.165, 1.54) is 6.07 Å². The molecule has 1 aromatic rings. The van der Waals surface area contributed by atoms with Crippen molar-refractivity contribution in [2.24, 2.45) is 0 Å². The second-order valence-electron chi connectivity index (χ2n) is 6.50. The van der Waals surface area contributed by atoms with E-state index in [2.05, 4.69) is 12.6 Å². The van der Waals surface area contributed by atoms with Crippen LogP contribution in [0.25, 0.3) is 6.08 Å². The van der Waals surface area contributed by atoms with Gasteiger partial charge in [-0.15, -0.1) is 0 Å². The van der Waals surface area contributed by atoms with Gasteiger partial charge in [0.1, 0.15) is 0 Å². The Morgan fingerprint density at radius 1 is 1.30 bits per heavy atom. The summed E-state index contributed by atoms with van der Waals surface area (Å²) >= 11 is 10.3.